The summed E-state index contributed by atoms with van der Waals surface area (Å²) in [4.78, 5) is 12.1. The zero-order chi connectivity index (χ0) is 15.0. The van der Waals surface area contributed by atoms with Crippen molar-refractivity contribution in [3.63, 3.8) is 0 Å². The van der Waals surface area contributed by atoms with E-state index in [9.17, 15) is 13.6 Å². The third-order valence-electron chi connectivity index (χ3n) is 3.61. The second kappa shape index (κ2) is 5.45. The first-order valence-electron chi connectivity index (χ1n) is 6.62. The van der Waals surface area contributed by atoms with Crippen molar-refractivity contribution in [2.24, 2.45) is 0 Å². The van der Waals surface area contributed by atoms with Gasteiger partial charge in [0.1, 0.15) is 0 Å². The minimum atomic E-state index is -1.10. The minimum Gasteiger partial charge on any atom is -0.322 e. The molecular formula is C16H12ClF2NO. The second-order valence-corrected chi connectivity index (χ2v) is 5.44. The zero-order valence-electron chi connectivity index (χ0n) is 11.1. The number of hydrogen-bond acceptors (Lipinski definition) is 1. The predicted octanol–water partition coefficient (Wildman–Crippen LogP) is 4.36. The van der Waals surface area contributed by atoms with E-state index >= 15 is 0 Å². The third-order valence-corrected chi connectivity index (χ3v) is 3.92. The molecule has 2 aromatic rings. The molecule has 0 unspecified atom stereocenters. The van der Waals surface area contributed by atoms with E-state index in [2.05, 4.69) is 5.32 Å². The van der Waals surface area contributed by atoms with Gasteiger partial charge in [0.05, 0.1) is 10.6 Å². The summed E-state index contributed by atoms with van der Waals surface area (Å²) in [6, 6.07) is 7.30. The van der Waals surface area contributed by atoms with Gasteiger partial charge in [0, 0.05) is 5.69 Å². The molecule has 5 heteroatoms. The van der Waals surface area contributed by atoms with Crippen LogP contribution in [0, 0.1) is 11.6 Å². The number of hydrogen-bond donors (Lipinski definition) is 1. The molecule has 0 fully saturated rings. The molecule has 1 amide bonds. The van der Waals surface area contributed by atoms with Crippen molar-refractivity contribution in [2.45, 2.75) is 19.3 Å². The lowest BCUT2D eigenvalue weighted by molar-refractivity contribution is 0.102. The summed E-state index contributed by atoms with van der Waals surface area (Å²) in [6.45, 7) is 0. The first-order chi connectivity index (χ1) is 10.0. The van der Waals surface area contributed by atoms with Crippen molar-refractivity contribution in [3.8, 4) is 0 Å². The fourth-order valence-electron chi connectivity index (χ4n) is 2.54. The quantitative estimate of drug-likeness (QED) is 0.821. The largest absolute Gasteiger partial charge is 0.322 e. The van der Waals surface area contributed by atoms with Crippen molar-refractivity contribution in [2.75, 3.05) is 5.32 Å². The van der Waals surface area contributed by atoms with Gasteiger partial charge in [0.2, 0.25) is 0 Å². The summed E-state index contributed by atoms with van der Waals surface area (Å²) >= 11 is 5.79. The van der Waals surface area contributed by atoms with Crippen LogP contribution in [0.3, 0.4) is 0 Å². The second-order valence-electron chi connectivity index (χ2n) is 5.04. The van der Waals surface area contributed by atoms with Crippen LogP contribution in [0.2, 0.25) is 5.02 Å². The Morgan fingerprint density at radius 2 is 1.76 bits per heavy atom. The lowest BCUT2D eigenvalue weighted by Gasteiger charge is -2.09. The maximum Gasteiger partial charge on any atom is 0.257 e. The van der Waals surface area contributed by atoms with Crippen LogP contribution in [0.1, 0.15) is 27.9 Å². The fraction of sp³-hybridized carbons (Fsp3) is 0.188. The highest BCUT2D eigenvalue weighted by Crippen LogP contribution is 2.26. The molecule has 0 aliphatic heterocycles. The van der Waals surface area contributed by atoms with E-state index in [-0.39, 0.29) is 10.6 Å². The molecule has 0 heterocycles. The minimum absolute atomic E-state index is 0.0870. The normalized spacial score (nSPS) is 13.1. The van der Waals surface area contributed by atoms with Crippen molar-refractivity contribution in [1.82, 2.24) is 0 Å². The van der Waals surface area contributed by atoms with Crippen molar-refractivity contribution < 1.29 is 13.6 Å². The van der Waals surface area contributed by atoms with Crippen LogP contribution >= 0.6 is 11.6 Å². The highest BCUT2D eigenvalue weighted by Gasteiger charge is 2.16. The Bertz CT molecular complexity index is 730. The SMILES string of the molecule is O=C(Nc1ccc2c(c1)CCC2)c1cc(F)c(F)cc1Cl. The van der Waals surface area contributed by atoms with E-state index < -0.39 is 17.5 Å². The number of carbonyl (C=O) groups excluding carboxylic acids is 1. The molecule has 0 spiro atoms. The molecule has 108 valence electrons. The molecule has 0 aromatic heterocycles. The van der Waals surface area contributed by atoms with Crippen LogP contribution in [0.15, 0.2) is 30.3 Å². The highest BCUT2D eigenvalue weighted by molar-refractivity contribution is 6.34. The van der Waals surface area contributed by atoms with Crippen molar-refractivity contribution >= 4 is 23.2 Å². The number of rotatable bonds is 2. The van der Waals surface area contributed by atoms with Crippen LogP contribution in [0.5, 0.6) is 0 Å². The zero-order valence-corrected chi connectivity index (χ0v) is 11.8. The average molecular weight is 308 g/mol. The van der Waals surface area contributed by atoms with Gasteiger partial charge >= 0.3 is 0 Å². The van der Waals surface area contributed by atoms with Crippen molar-refractivity contribution in [3.05, 3.63) is 63.7 Å². The molecule has 0 saturated heterocycles. The van der Waals surface area contributed by atoms with E-state index in [4.69, 9.17) is 11.6 Å². The van der Waals surface area contributed by atoms with Gasteiger partial charge in [-0.2, -0.15) is 0 Å². The van der Waals surface area contributed by atoms with Gasteiger partial charge < -0.3 is 5.32 Å². The van der Waals surface area contributed by atoms with Gasteiger partial charge in [-0.25, -0.2) is 8.78 Å². The Balaban J connectivity index is 1.85. The van der Waals surface area contributed by atoms with Gasteiger partial charge in [-0.05, 0) is 54.7 Å². The lowest BCUT2D eigenvalue weighted by Crippen LogP contribution is -2.13. The van der Waals surface area contributed by atoms with Crippen LogP contribution in [-0.2, 0) is 12.8 Å². The number of aryl methyl sites for hydroxylation is 2. The summed E-state index contributed by atoms with van der Waals surface area (Å²) in [7, 11) is 0. The molecular weight excluding hydrogens is 296 g/mol. The van der Waals surface area contributed by atoms with E-state index in [1.807, 2.05) is 12.1 Å². The molecule has 0 saturated carbocycles. The molecule has 1 aliphatic carbocycles. The maximum atomic E-state index is 13.2. The van der Waals surface area contributed by atoms with Crippen LogP contribution in [-0.4, -0.2) is 5.91 Å². The van der Waals surface area contributed by atoms with Gasteiger partial charge in [0.25, 0.3) is 5.91 Å². The van der Waals surface area contributed by atoms with Crippen LogP contribution < -0.4 is 5.32 Å². The average Bonchev–Trinajstić information content (AvgIpc) is 2.90. The van der Waals surface area contributed by atoms with E-state index in [1.54, 1.807) is 6.07 Å². The molecule has 1 aliphatic rings. The number of anilines is 1. The number of amides is 1. The number of nitrogens with one attached hydrogen (secondary N) is 1. The molecule has 0 radical (unpaired) electrons. The summed E-state index contributed by atoms with van der Waals surface area (Å²) in [6.07, 6.45) is 3.16. The molecule has 1 N–H and O–H groups in total. The smallest absolute Gasteiger partial charge is 0.257 e. The number of carbonyl (C=O) groups is 1. The van der Waals surface area contributed by atoms with E-state index in [0.717, 1.165) is 31.4 Å². The highest BCUT2D eigenvalue weighted by atomic mass is 35.5. The molecule has 21 heavy (non-hydrogen) atoms. The molecule has 0 bridgehead atoms. The van der Waals surface area contributed by atoms with Gasteiger partial charge in [-0.15, -0.1) is 0 Å². The topological polar surface area (TPSA) is 29.1 Å². The van der Waals surface area contributed by atoms with Crippen molar-refractivity contribution in [1.29, 1.82) is 0 Å². The monoisotopic (exact) mass is 307 g/mol. The lowest BCUT2D eigenvalue weighted by atomic mass is 10.1. The fourth-order valence-corrected chi connectivity index (χ4v) is 2.78. The Morgan fingerprint density at radius 3 is 2.57 bits per heavy atom. The van der Waals surface area contributed by atoms with Gasteiger partial charge in [-0.3, -0.25) is 4.79 Å². The maximum absolute atomic E-state index is 13.2. The van der Waals surface area contributed by atoms with E-state index in [1.165, 1.54) is 11.1 Å². The first kappa shape index (κ1) is 14.0. The first-order valence-corrected chi connectivity index (χ1v) is 7.00. The summed E-state index contributed by atoms with van der Waals surface area (Å²) in [5, 5.41) is 2.54. The molecule has 0 atom stereocenters. The van der Waals surface area contributed by atoms with Gasteiger partial charge in [-0.1, -0.05) is 17.7 Å². The molecule has 2 aromatic carbocycles. The molecule has 3 rings (SSSR count). The standard InChI is InChI=1S/C16H12ClF2NO/c17-13-8-15(19)14(18)7-12(13)16(21)20-11-5-4-9-2-1-3-10(9)6-11/h4-8H,1-3H2,(H,20,21). The molecule has 2 nitrogen and oxygen atoms in total. The Morgan fingerprint density at radius 1 is 1.05 bits per heavy atom. The van der Waals surface area contributed by atoms with Gasteiger partial charge in [0.15, 0.2) is 11.6 Å². The Hall–Kier alpha value is -1.94. The number of halogens is 3. The summed E-state index contributed by atoms with van der Waals surface area (Å²) < 4.78 is 26.2. The summed E-state index contributed by atoms with van der Waals surface area (Å²) in [5.41, 5.74) is 3.04. The van der Waals surface area contributed by atoms with E-state index in [0.29, 0.717) is 5.69 Å². The number of fused-ring (bicyclic) bond motifs is 1. The van der Waals surface area contributed by atoms with Crippen LogP contribution in [0.25, 0.3) is 0 Å². The predicted molar refractivity (Wildman–Crippen MR) is 77.8 cm³/mol. The third kappa shape index (κ3) is 2.76. The Kier molecular flexibility index (Phi) is 3.64. The Labute approximate surface area is 125 Å². The van der Waals surface area contributed by atoms with Crippen LogP contribution in [0.4, 0.5) is 14.5 Å². The summed E-state index contributed by atoms with van der Waals surface area (Å²) in [5.74, 6) is -2.73. The number of benzene rings is 2.